The number of amides is 2. The summed E-state index contributed by atoms with van der Waals surface area (Å²) < 4.78 is 23.0. The van der Waals surface area contributed by atoms with Gasteiger partial charge in [-0.15, -0.1) is 0 Å². The standard InChI is InChI=1S/C17H26N2O3S/c1-3-16(13-9-11-15(12-10-13)23(2,21)22)19-17(20)18-14-7-5-4-6-8-14/h9-12,14,16H,3-8H2,1-2H3,(H2,18,19,20)/t16-/m1/s1. The summed E-state index contributed by atoms with van der Waals surface area (Å²) in [6, 6.07) is 6.73. The first-order valence-corrected chi connectivity index (χ1v) is 10.2. The Balaban J connectivity index is 1.97. The Bertz CT molecular complexity index is 620. The summed E-state index contributed by atoms with van der Waals surface area (Å²) in [5.74, 6) is 0. The summed E-state index contributed by atoms with van der Waals surface area (Å²) in [5, 5.41) is 6.03. The highest BCUT2D eigenvalue weighted by Gasteiger charge is 2.18. The Morgan fingerprint density at radius 3 is 2.30 bits per heavy atom. The molecule has 1 aromatic rings. The van der Waals surface area contributed by atoms with E-state index in [4.69, 9.17) is 0 Å². The zero-order valence-electron chi connectivity index (χ0n) is 13.8. The average molecular weight is 338 g/mol. The van der Waals surface area contributed by atoms with E-state index in [-0.39, 0.29) is 18.1 Å². The van der Waals surface area contributed by atoms with Gasteiger partial charge in [0.2, 0.25) is 0 Å². The third-order valence-electron chi connectivity index (χ3n) is 4.36. The first kappa shape index (κ1) is 17.8. The summed E-state index contributed by atoms with van der Waals surface area (Å²) >= 11 is 0. The number of sulfone groups is 1. The van der Waals surface area contributed by atoms with Gasteiger partial charge in [-0.25, -0.2) is 13.2 Å². The predicted octanol–water partition coefficient (Wildman–Crippen LogP) is 3.17. The highest BCUT2D eigenvalue weighted by molar-refractivity contribution is 7.90. The summed E-state index contributed by atoms with van der Waals surface area (Å²) in [6.45, 7) is 2.00. The molecule has 2 amide bonds. The molecule has 1 saturated carbocycles. The molecule has 0 saturated heterocycles. The van der Waals surface area contributed by atoms with Crippen molar-refractivity contribution < 1.29 is 13.2 Å². The van der Waals surface area contributed by atoms with Crippen LogP contribution < -0.4 is 10.6 Å². The fourth-order valence-corrected chi connectivity index (χ4v) is 3.63. The molecule has 0 spiro atoms. The van der Waals surface area contributed by atoms with Crippen molar-refractivity contribution in [3.63, 3.8) is 0 Å². The molecular formula is C17H26N2O3S. The van der Waals surface area contributed by atoms with E-state index < -0.39 is 9.84 Å². The molecule has 0 radical (unpaired) electrons. The number of benzene rings is 1. The van der Waals surface area contributed by atoms with Crippen LogP contribution in [0.25, 0.3) is 0 Å². The minimum Gasteiger partial charge on any atom is -0.335 e. The topological polar surface area (TPSA) is 75.3 Å². The summed E-state index contributed by atoms with van der Waals surface area (Å²) in [4.78, 5) is 12.5. The molecule has 1 aromatic carbocycles. The van der Waals surface area contributed by atoms with Crippen molar-refractivity contribution in [2.24, 2.45) is 0 Å². The molecule has 0 aromatic heterocycles. The van der Waals surface area contributed by atoms with Crippen molar-refractivity contribution in [3.05, 3.63) is 29.8 Å². The van der Waals surface area contributed by atoms with Gasteiger partial charge in [-0.1, -0.05) is 38.3 Å². The Morgan fingerprint density at radius 1 is 1.17 bits per heavy atom. The van der Waals surface area contributed by atoms with Crippen molar-refractivity contribution >= 4 is 15.9 Å². The summed E-state index contributed by atoms with van der Waals surface area (Å²) in [7, 11) is -3.19. The van der Waals surface area contributed by atoms with E-state index in [2.05, 4.69) is 10.6 Å². The minimum atomic E-state index is -3.19. The second kappa shape index (κ2) is 7.81. The molecule has 2 rings (SSSR count). The van der Waals surface area contributed by atoms with Crippen LogP contribution in [0.3, 0.4) is 0 Å². The van der Waals surface area contributed by atoms with E-state index in [1.807, 2.05) is 6.92 Å². The molecular weight excluding hydrogens is 312 g/mol. The van der Waals surface area contributed by atoms with Crippen molar-refractivity contribution in [2.45, 2.75) is 62.4 Å². The number of urea groups is 1. The van der Waals surface area contributed by atoms with Crippen LogP contribution in [0.2, 0.25) is 0 Å². The van der Waals surface area contributed by atoms with Gasteiger partial charge in [0.15, 0.2) is 9.84 Å². The molecule has 128 valence electrons. The van der Waals surface area contributed by atoms with Crippen molar-refractivity contribution in [1.29, 1.82) is 0 Å². The van der Waals surface area contributed by atoms with E-state index in [1.165, 1.54) is 25.5 Å². The van der Waals surface area contributed by atoms with Crippen LogP contribution in [0.4, 0.5) is 4.79 Å². The molecule has 2 N–H and O–H groups in total. The van der Waals surface area contributed by atoms with Crippen LogP contribution in [0.15, 0.2) is 29.2 Å². The summed E-state index contributed by atoms with van der Waals surface area (Å²) in [6.07, 6.45) is 7.64. The maximum absolute atomic E-state index is 12.2. The molecule has 0 bridgehead atoms. The van der Waals surface area contributed by atoms with Crippen molar-refractivity contribution in [2.75, 3.05) is 6.26 Å². The highest BCUT2D eigenvalue weighted by atomic mass is 32.2. The van der Waals surface area contributed by atoms with E-state index >= 15 is 0 Å². The molecule has 1 fully saturated rings. The molecule has 0 unspecified atom stereocenters. The van der Waals surface area contributed by atoms with Crippen LogP contribution >= 0.6 is 0 Å². The second-order valence-corrected chi connectivity index (χ2v) is 8.27. The third-order valence-corrected chi connectivity index (χ3v) is 5.49. The number of carbonyl (C=O) groups is 1. The fraction of sp³-hybridized carbons (Fsp3) is 0.588. The normalized spacial score (nSPS) is 17.5. The maximum atomic E-state index is 12.2. The van der Waals surface area contributed by atoms with Crippen LogP contribution in [0, 0.1) is 0 Å². The Kier molecular flexibility index (Phi) is 6.04. The Labute approximate surface area is 138 Å². The van der Waals surface area contributed by atoms with Crippen LogP contribution in [0.5, 0.6) is 0 Å². The van der Waals surface area contributed by atoms with Gasteiger partial charge >= 0.3 is 6.03 Å². The maximum Gasteiger partial charge on any atom is 0.315 e. The minimum absolute atomic E-state index is 0.118. The average Bonchev–Trinajstić information content (AvgIpc) is 2.53. The largest absolute Gasteiger partial charge is 0.335 e. The molecule has 23 heavy (non-hydrogen) atoms. The first-order valence-electron chi connectivity index (χ1n) is 8.27. The van der Waals surface area contributed by atoms with Crippen molar-refractivity contribution in [3.8, 4) is 0 Å². The summed E-state index contributed by atoms with van der Waals surface area (Å²) in [5.41, 5.74) is 0.915. The number of nitrogens with one attached hydrogen (secondary N) is 2. The lowest BCUT2D eigenvalue weighted by atomic mass is 9.96. The lowest BCUT2D eigenvalue weighted by Gasteiger charge is -2.25. The van der Waals surface area contributed by atoms with Gasteiger partial charge in [-0.2, -0.15) is 0 Å². The van der Waals surface area contributed by atoms with Gasteiger partial charge in [-0.3, -0.25) is 0 Å². The molecule has 5 nitrogen and oxygen atoms in total. The first-order chi connectivity index (χ1) is 10.9. The smallest absolute Gasteiger partial charge is 0.315 e. The van der Waals surface area contributed by atoms with E-state index in [9.17, 15) is 13.2 Å². The number of hydrogen-bond donors (Lipinski definition) is 2. The molecule has 1 aliphatic rings. The van der Waals surface area contributed by atoms with Crippen molar-refractivity contribution in [1.82, 2.24) is 10.6 Å². The van der Waals surface area contributed by atoms with E-state index in [1.54, 1.807) is 24.3 Å². The second-order valence-electron chi connectivity index (χ2n) is 6.25. The van der Waals surface area contributed by atoms with Gasteiger partial charge in [0.05, 0.1) is 10.9 Å². The molecule has 0 heterocycles. The number of carbonyl (C=O) groups excluding carboxylic acids is 1. The lowest BCUT2D eigenvalue weighted by Crippen LogP contribution is -2.44. The number of rotatable bonds is 5. The fourth-order valence-electron chi connectivity index (χ4n) is 3.00. The van der Waals surface area contributed by atoms with Gasteiger partial charge in [-0.05, 0) is 37.0 Å². The van der Waals surface area contributed by atoms with Crippen LogP contribution in [0.1, 0.15) is 57.1 Å². The van der Waals surface area contributed by atoms with Gasteiger partial charge in [0.25, 0.3) is 0 Å². The van der Waals surface area contributed by atoms with E-state index in [0.717, 1.165) is 24.8 Å². The molecule has 0 aliphatic heterocycles. The van der Waals surface area contributed by atoms with Gasteiger partial charge in [0, 0.05) is 12.3 Å². The quantitative estimate of drug-likeness (QED) is 0.866. The highest BCUT2D eigenvalue weighted by Crippen LogP contribution is 2.20. The zero-order valence-corrected chi connectivity index (χ0v) is 14.7. The van der Waals surface area contributed by atoms with Gasteiger partial charge in [0.1, 0.15) is 0 Å². The number of hydrogen-bond acceptors (Lipinski definition) is 3. The van der Waals surface area contributed by atoms with Crippen LogP contribution in [-0.2, 0) is 9.84 Å². The van der Waals surface area contributed by atoms with Gasteiger partial charge < -0.3 is 10.6 Å². The zero-order chi connectivity index (χ0) is 16.9. The monoisotopic (exact) mass is 338 g/mol. The molecule has 1 aliphatic carbocycles. The predicted molar refractivity (Wildman–Crippen MR) is 91.1 cm³/mol. The Hall–Kier alpha value is -1.56. The SMILES string of the molecule is CC[C@@H](NC(=O)NC1CCCCC1)c1ccc(S(C)(=O)=O)cc1. The molecule has 1 atom stereocenters. The lowest BCUT2D eigenvalue weighted by molar-refractivity contribution is 0.228. The Morgan fingerprint density at radius 2 is 1.78 bits per heavy atom. The third kappa shape index (κ3) is 5.23. The van der Waals surface area contributed by atoms with Crippen LogP contribution in [-0.4, -0.2) is 26.7 Å². The molecule has 6 heteroatoms. The van der Waals surface area contributed by atoms with E-state index in [0.29, 0.717) is 4.90 Å².